The molecular formula is C9H18O4Si. The molecule has 0 saturated carbocycles. The maximum absolute atomic E-state index is 5.60. The quantitative estimate of drug-likeness (QED) is 0.307. The first-order valence-electron chi connectivity index (χ1n) is 5.35. The molecule has 5 heteroatoms. The van der Waals surface area contributed by atoms with Gasteiger partial charge in [-0.2, -0.15) is 0 Å². The van der Waals surface area contributed by atoms with Crippen LogP contribution in [0.4, 0.5) is 0 Å². The van der Waals surface area contributed by atoms with Crippen LogP contribution in [0.1, 0.15) is 6.42 Å². The Balaban J connectivity index is 1.57. The maximum Gasteiger partial charge on any atom is 0.157 e. The van der Waals surface area contributed by atoms with Gasteiger partial charge in [-0.25, -0.2) is 0 Å². The number of hydrogen-bond acceptors (Lipinski definition) is 4. The van der Waals surface area contributed by atoms with Crippen LogP contribution in [0.2, 0.25) is 6.04 Å². The predicted octanol–water partition coefficient (Wildman–Crippen LogP) is -0.683. The molecule has 2 fully saturated rings. The second kappa shape index (κ2) is 5.23. The SMILES string of the molecule is [SiH3]CCC(OCC1CO1)OCC1CO1. The van der Waals surface area contributed by atoms with Crippen molar-refractivity contribution < 1.29 is 18.9 Å². The Morgan fingerprint density at radius 3 is 2.00 bits per heavy atom. The van der Waals surface area contributed by atoms with E-state index in [9.17, 15) is 0 Å². The van der Waals surface area contributed by atoms with E-state index in [1.165, 1.54) is 16.3 Å². The van der Waals surface area contributed by atoms with Crippen LogP contribution in [0.25, 0.3) is 0 Å². The molecule has 82 valence electrons. The zero-order valence-corrected chi connectivity index (χ0v) is 10.6. The van der Waals surface area contributed by atoms with Crippen molar-refractivity contribution in [2.75, 3.05) is 26.4 Å². The van der Waals surface area contributed by atoms with E-state index in [1.54, 1.807) is 0 Å². The van der Waals surface area contributed by atoms with Gasteiger partial charge in [0.15, 0.2) is 6.29 Å². The highest BCUT2D eigenvalue weighted by Crippen LogP contribution is 2.15. The Labute approximate surface area is 87.3 Å². The van der Waals surface area contributed by atoms with Crippen LogP contribution in [0.15, 0.2) is 0 Å². The highest BCUT2D eigenvalue weighted by Gasteiger charge is 2.27. The lowest BCUT2D eigenvalue weighted by molar-refractivity contribution is -0.148. The average Bonchev–Trinajstić information content (AvgIpc) is 3.02. The predicted molar refractivity (Wildman–Crippen MR) is 54.5 cm³/mol. The fraction of sp³-hybridized carbons (Fsp3) is 1.00. The fourth-order valence-electron chi connectivity index (χ4n) is 1.21. The second-order valence-electron chi connectivity index (χ2n) is 3.80. The van der Waals surface area contributed by atoms with Crippen molar-refractivity contribution in [2.45, 2.75) is 31.0 Å². The fourth-order valence-corrected chi connectivity index (χ4v) is 1.68. The summed E-state index contributed by atoms with van der Waals surface area (Å²) < 4.78 is 21.4. The van der Waals surface area contributed by atoms with Gasteiger partial charge in [-0.15, -0.1) is 0 Å². The van der Waals surface area contributed by atoms with Crippen molar-refractivity contribution in [3.8, 4) is 0 Å². The minimum absolute atomic E-state index is 0.0408. The van der Waals surface area contributed by atoms with Crippen LogP contribution in [0, 0.1) is 0 Å². The minimum Gasteiger partial charge on any atom is -0.371 e. The molecule has 0 spiro atoms. The molecule has 2 aliphatic heterocycles. The van der Waals surface area contributed by atoms with Crippen LogP contribution < -0.4 is 0 Å². The average molecular weight is 218 g/mol. The molecule has 0 aliphatic carbocycles. The monoisotopic (exact) mass is 218 g/mol. The summed E-state index contributed by atoms with van der Waals surface area (Å²) in [5.74, 6) is 0. The van der Waals surface area contributed by atoms with E-state index in [0.29, 0.717) is 25.4 Å². The Morgan fingerprint density at radius 2 is 1.64 bits per heavy atom. The van der Waals surface area contributed by atoms with E-state index in [1.807, 2.05) is 0 Å². The third-order valence-electron chi connectivity index (χ3n) is 2.27. The summed E-state index contributed by atoms with van der Waals surface area (Å²) in [5.41, 5.74) is 0. The highest BCUT2D eigenvalue weighted by molar-refractivity contribution is 6.08. The Hall–Kier alpha value is 0.0569. The molecule has 0 aromatic heterocycles. The zero-order valence-electron chi connectivity index (χ0n) is 8.61. The molecule has 0 amide bonds. The zero-order chi connectivity index (χ0) is 9.80. The van der Waals surface area contributed by atoms with Crippen LogP contribution in [-0.2, 0) is 18.9 Å². The molecule has 0 bridgehead atoms. The first kappa shape index (κ1) is 10.6. The van der Waals surface area contributed by atoms with Crippen molar-refractivity contribution >= 4 is 10.2 Å². The van der Waals surface area contributed by atoms with Gasteiger partial charge in [0.05, 0.1) is 26.4 Å². The number of rotatable bonds is 8. The smallest absolute Gasteiger partial charge is 0.157 e. The Bertz CT molecular complexity index is 154. The van der Waals surface area contributed by atoms with E-state index in [4.69, 9.17) is 18.9 Å². The van der Waals surface area contributed by atoms with Crippen molar-refractivity contribution in [2.24, 2.45) is 0 Å². The van der Waals surface area contributed by atoms with Gasteiger partial charge < -0.3 is 18.9 Å². The van der Waals surface area contributed by atoms with Crippen LogP contribution in [0.5, 0.6) is 0 Å². The topological polar surface area (TPSA) is 43.5 Å². The summed E-state index contributed by atoms with van der Waals surface area (Å²) >= 11 is 0. The lowest BCUT2D eigenvalue weighted by Crippen LogP contribution is -2.22. The number of epoxide rings is 2. The molecule has 2 atom stereocenters. The lowest BCUT2D eigenvalue weighted by atomic mass is 10.4. The summed E-state index contributed by atoms with van der Waals surface area (Å²) in [5, 5.41) is 0. The first-order valence-corrected chi connectivity index (χ1v) is 6.76. The molecule has 0 radical (unpaired) electrons. The van der Waals surface area contributed by atoms with E-state index < -0.39 is 0 Å². The summed E-state index contributed by atoms with van der Waals surface area (Å²) in [6, 6.07) is 1.21. The van der Waals surface area contributed by atoms with Gasteiger partial charge in [0.25, 0.3) is 0 Å². The van der Waals surface area contributed by atoms with E-state index in [2.05, 4.69) is 0 Å². The lowest BCUT2D eigenvalue weighted by Gasteiger charge is -2.16. The van der Waals surface area contributed by atoms with Gasteiger partial charge in [0.1, 0.15) is 12.2 Å². The third kappa shape index (κ3) is 4.06. The van der Waals surface area contributed by atoms with Crippen LogP contribution in [-0.4, -0.2) is 55.2 Å². The molecule has 0 N–H and O–H groups in total. The third-order valence-corrected chi connectivity index (χ3v) is 2.84. The summed E-state index contributed by atoms with van der Waals surface area (Å²) in [4.78, 5) is 0. The molecule has 14 heavy (non-hydrogen) atoms. The number of hydrogen-bond donors (Lipinski definition) is 0. The molecular weight excluding hydrogens is 200 g/mol. The first-order chi connectivity index (χ1) is 6.88. The van der Waals surface area contributed by atoms with Crippen LogP contribution in [0.3, 0.4) is 0 Å². The second-order valence-corrected chi connectivity index (χ2v) is 4.80. The van der Waals surface area contributed by atoms with Crippen molar-refractivity contribution in [3.05, 3.63) is 0 Å². The van der Waals surface area contributed by atoms with E-state index >= 15 is 0 Å². The summed E-state index contributed by atoms with van der Waals surface area (Å²) in [6.45, 7) is 3.05. The molecule has 2 heterocycles. The van der Waals surface area contributed by atoms with Gasteiger partial charge >= 0.3 is 0 Å². The van der Waals surface area contributed by atoms with Crippen LogP contribution >= 0.6 is 0 Å². The van der Waals surface area contributed by atoms with Crippen molar-refractivity contribution in [1.82, 2.24) is 0 Å². The van der Waals surface area contributed by atoms with Gasteiger partial charge in [0.2, 0.25) is 0 Å². The highest BCUT2D eigenvalue weighted by atomic mass is 28.1. The van der Waals surface area contributed by atoms with Gasteiger partial charge in [-0.05, 0) is 6.42 Å². The largest absolute Gasteiger partial charge is 0.371 e. The minimum atomic E-state index is -0.0408. The standard InChI is InChI=1S/C9H18O4Si/c14-2-1-9(12-5-7-3-10-7)13-6-8-4-11-8/h7-9H,1-6H2,14H3. The molecule has 0 aromatic carbocycles. The Morgan fingerprint density at radius 1 is 1.14 bits per heavy atom. The molecule has 2 aliphatic rings. The molecule has 0 aromatic rings. The van der Waals surface area contributed by atoms with E-state index in [-0.39, 0.29) is 6.29 Å². The summed E-state index contributed by atoms with van der Waals surface area (Å²) in [7, 11) is 1.20. The maximum atomic E-state index is 5.60. The van der Waals surface area contributed by atoms with Crippen molar-refractivity contribution in [1.29, 1.82) is 0 Å². The molecule has 2 rings (SSSR count). The molecule has 2 saturated heterocycles. The van der Waals surface area contributed by atoms with Gasteiger partial charge in [0, 0.05) is 10.2 Å². The molecule has 2 unspecified atom stereocenters. The number of ether oxygens (including phenoxy) is 4. The molecule has 4 nitrogen and oxygen atoms in total. The van der Waals surface area contributed by atoms with Gasteiger partial charge in [-0.1, -0.05) is 6.04 Å². The normalized spacial score (nSPS) is 31.7. The Kier molecular flexibility index (Phi) is 3.95. The van der Waals surface area contributed by atoms with Gasteiger partial charge in [-0.3, -0.25) is 0 Å². The summed E-state index contributed by atoms with van der Waals surface area (Å²) in [6.07, 6.45) is 1.62. The van der Waals surface area contributed by atoms with E-state index in [0.717, 1.165) is 19.6 Å². The van der Waals surface area contributed by atoms with Crippen molar-refractivity contribution in [3.63, 3.8) is 0 Å².